The Morgan fingerprint density at radius 2 is 1.52 bits per heavy atom. The van der Waals surface area contributed by atoms with Crippen molar-refractivity contribution in [3.8, 4) is 17.2 Å². The molecule has 0 bridgehead atoms. The third-order valence-corrected chi connectivity index (χ3v) is 6.73. The van der Waals surface area contributed by atoms with Crippen LogP contribution in [0.15, 0.2) is 12.1 Å². The molecule has 0 radical (unpaired) electrons. The summed E-state index contributed by atoms with van der Waals surface area (Å²) in [4.78, 5) is 14.5. The van der Waals surface area contributed by atoms with E-state index in [1.54, 1.807) is 26.2 Å². The lowest BCUT2D eigenvalue weighted by molar-refractivity contribution is -0.957. The molecular weight excluding hydrogens is 368 g/mol. The fraction of sp³-hybridized carbons (Fsp3) is 0.696. The van der Waals surface area contributed by atoms with Crippen LogP contribution in [0.3, 0.4) is 0 Å². The van der Waals surface area contributed by atoms with Crippen LogP contribution in [0.4, 0.5) is 0 Å². The molecular formula is C23H37N2O4+. The van der Waals surface area contributed by atoms with E-state index in [0.717, 1.165) is 12.1 Å². The van der Waals surface area contributed by atoms with Crippen molar-refractivity contribution in [3.63, 3.8) is 0 Å². The van der Waals surface area contributed by atoms with Gasteiger partial charge in [0.2, 0.25) is 11.7 Å². The Labute approximate surface area is 174 Å². The van der Waals surface area contributed by atoms with Crippen molar-refractivity contribution < 1.29 is 23.9 Å². The Bertz CT molecular complexity index is 654. The first-order chi connectivity index (χ1) is 14.1. The van der Waals surface area contributed by atoms with Crippen molar-refractivity contribution >= 4 is 5.91 Å². The number of hydrogen-bond donors (Lipinski definition) is 2. The molecule has 1 saturated carbocycles. The molecule has 1 aromatic carbocycles. The molecule has 1 amide bonds. The second-order valence-electron chi connectivity index (χ2n) is 8.49. The first kappa shape index (κ1) is 21.8. The summed E-state index contributed by atoms with van der Waals surface area (Å²) in [5.74, 6) is 1.77. The third-order valence-electron chi connectivity index (χ3n) is 6.73. The van der Waals surface area contributed by atoms with Crippen LogP contribution >= 0.6 is 0 Å². The monoisotopic (exact) mass is 405 g/mol. The van der Waals surface area contributed by atoms with E-state index in [1.165, 1.54) is 64.5 Å². The molecule has 1 heterocycles. The van der Waals surface area contributed by atoms with E-state index in [9.17, 15) is 4.79 Å². The standard InChI is InChI=1S/C23H36N2O4/c1-27-19-14-18(15-20(28-2)22(19)29-3)16-21(26)24-17-23(10-6-4-7-11-23)25-12-8-5-9-13-25/h14-15H,4-13,16-17H2,1-3H3,(H,24,26)/p+1. The number of likely N-dealkylation sites (tertiary alicyclic amines) is 1. The minimum atomic E-state index is 0.0561. The predicted octanol–water partition coefficient (Wildman–Crippen LogP) is 2.14. The maximum absolute atomic E-state index is 12.8. The van der Waals surface area contributed by atoms with Crippen LogP contribution < -0.4 is 24.4 Å². The number of quaternary nitrogens is 1. The summed E-state index contributed by atoms with van der Waals surface area (Å²) in [6, 6.07) is 3.71. The van der Waals surface area contributed by atoms with Crippen molar-refractivity contribution in [1.82, 2.24) is 5.32 Å². The van der Waals surface area contributed by atoms with Crippen LogP contribution in [0.25, 0.3) is 0 Å². The van der Waals surface area contributed by atoms with Crippen molar-refractivity contribution in [2.24, 2.45) is 0 Å². The Morgan fingerprint density at radius 1 is 0.931 bits per heavy atom. The van der Waals surface area contributed by atoms with Gasteiger partial charge in [0, 0.05) is 12.8 Å². The van der Waals surface area contributed by atoms with Crippen molar-refractivity contribution in [1.29, 1.82) is 0 Å². The Kier molecular flexibility index (Phi) is 7.64. The first-order valence-corrected chi connectivity index (χ1v) is 11.0. The van der Waals surface area contributed by atoms with E-state index in [2.05, 4.69) is 5.32 Å². The molecule has 162 valence electrons. The molecule has 6 heteroatoms. The number of amides is 1. The predicted molar refractivity (Wildman–Crippen MR) is 113 cm³/mol. The van der Waals surface area contributed by atoms with E-state index in [-0.39, 0.29) is 11.4 Å². The molecule has 6 nitrogen and oxygen atoms in total. The summed E-state index contributed by atoms with van der Waals surface area (Å²) in [5, 5.41) is 3.27. The molecule has 2 N–H and O–H groups in total. The molecule has 0 aromatic heterocycles. The second-order valence-corrected chi connectivity index (χ2v) is 8.49. The fourth-order valence-corrected chi connectivity index (χ4v) is 5.15. The molecule has 0 spiro atoms. The van der Waals surface area contributed by atoms with Gasteiger partial charge < -0.3 is 24.4 Å². The first-order valence-electron chi connectivity index (χ1n) is 11.0. The van der Waals surface area contributed by atoms with Crippen molar-refractivity contribution in [3.05, 3.63) is 17.7 Å². The minimum Gasteiger partial charge on any atom is -0.493 e. The highest BCUT2D eigenvalue weighted by molar-refractivity contribution is 5.79. The van der Waals surface area contributed by atoms with Crippen LogP contribution in [0.1, 0.15) is 56.9 Å². The van der Waals surface area contributed by atoms with Crippen LogP contribution in [0.2, 0.25) is 0 Å². The van der Waals surface area contributed by atoms with Crippen LogP contribution in [-0.2, 0) is 11.2 Å². The Balaban J connectivity index is 1.66. The van der Waals surface area contributed by atoms with Gasteiger partial charge in [0.15, 0.2) is 11.5 Å². The number of carbonyl (C=O) groups excluding carboxylic acids is 1. The van der Waals surface area contributed by atoms with Gasteiger partial charge in [0.25, 0.3) is 0 Å². The molecule has 1 aliphatic heterocycles. The summed E-state index contributed by atoms with van der Waals surface area (Å²) in [6.07, 6.45) is 10.6. The molecule has 2 fully saturated rings. The summed E-state index contributed by atoms with van der Waals surface area (Å²) in [7, 11) is 4.77. The summed E-state index contributed by atoms with van der Waals surface area (Å²) in [6.45, 7) is 3.29. The number of nitrogens with one attached hydrogen (secondary N) is 2. The maximum Gasteiger partial charge on any atom is 0.224 e. The van der Waals surface area contributed by atoms with Gasteiger partial charge in [-0.2, -0.15) is 0 Å². The minimum absolute atomic E-state index is 0.0561. The topological polar surface area (TPSA) is 61.2 Å². The SMILES string of the molecule is COc1cc(CC(=O)NCC2([NH+]3CCCCC3)CCCCC2)cc(OC)c1OC. The van der Waals surface area contributed by atoms with E-state index in [4.69, 9.17) is 14.2 Å². The zero-order valence-corrected chi connectivity index (χ0v) is 18.3. The number of piperidine rings is 1. The molecule has 1 aromatic rings. The lowest BCUT2D eigenvalue weighted by atomic mass is 9.79. The second kappa shape index (κ2) is 10.2. The normalized spacial score (nSPS) is 19.4. The molecule has 1 aliphatic carbocycles. The zero-order valence-electron chi connectivity index (χ0n) is 18.3. The number of methoxy groups -OCH3 is 3. The van der Waals surface area contributed by atoms with E-state index in [1.807, 2.05) is 12.1 Å². The van der Waals surface area contributed by atoms with Gasteiger partial charge >= 0.3 is 0 Å². The molecule has 1 saturated heterocycles. The highest BCUT2D eigenvalue weighted by atomic mass is 16.5. The molecule has 2 aliphatic rings. The smallest absolute Gasteiger partial charge is 0.224 e. The number of rotatable bonds is 8. The summed E-state index contributed by atoms with van der Waals surface area (Å²) >= 11 is 0. The van der Waals surface area contributed by atoms with E-state index >= 15 is 0 Å². The number of benzene rings is 1. The molecule has 29 heavy (non-hydrogen) atoms. The molecule has 3 rings (SSSR count). The van der Waals surface area contributed by atoms with Gasteiger partial charge in [-0.15, -0.1) is 0 Å². The van der Waals surface area contributed by atoms with Gasteiger partial charge in [-0.05, 0) is 49.8 Å². The highest BCUT2D eigenvalue weighted by Crippen LogP contribution is 2.38. The van der Waals surface area contributed by atoms with Crippen molar-refractivity contribution in [2.75, 3.05) is 41.0 Å². The lowest BCUT2D eigenvalue weighted by Gasteiger charge is -2.45. The maximum atomic E-state index is 12.8. The average Bonchev–Trinajstić information content (AvgIpc) is 2.78. The number of ether oxygens (including phenoxy) is 3. The van der Waals surface area contributed by atoms with Gasteiger partial charge in [-0.3, -0.25) is 4.79 Å². The summed E-state index contributed by atoms with van der Waals surface area (Å²) < 4.78 is 16.2. The molecule has 0 atom stereocenters. The quantitative estimate of drug-likeness (QED) is 0.696. The fourth-order valence-electron chi connectivity index (χ4n) is 5.15. The van der Waals surface area contributed by atoms with Crippen molar-refractivity contribution in [2.45, 2.75) is 63.3 Å². The van der Waals surface area contributed by atoms with E-state index < -0.39 is 0 Å². The highest BCUT2D eigenvalue weighted by Gasteiger charge is 2.42. The average molecular weight is 406 g/mol. The number of carbonyl (C=O) groups is 1. The third kappa shape index (κ3) is 5.16. The zero-order chi connectivity index (χ0) is 20.7. The van der Waals surface area contributed by atoms with E-state index in [0.29, 0.717) is 23.7 Å². The lowest BCUT2D eigenvalue weighted by Crippen LogP contribution is -3.22. The molecule has 0 unspecified atom stereocenters. The Morgan fingerprint density at radius 3 is 2.07 bits per heavy atom. The van der Waals surface area contributed by atoms with Crippen LogP contribution in [-0.4, -0.2) is 52.4 Å². The largest absolute Gasteiger partial charge is 0.493 e. The van der Waals surface area contributed by atoms with Gasteiger partial charge in [-0.1, -0.05) is 6.42 Å². The van der Waals surface area contributed by atoms with Crippen LogP contribution in [0.5, 0.6) is 17.2 Å². The van der Waals surface area contributed by atoms with Gasteiger partial charge in [-0.25, -0.2) is 0 Å². The number of hydrogen-bond acceptors (Lipinski definition) is 4. The Hall–Kier alpha value is -1.95. The van der Waals surface area contributed by atoms with Crippen LogP contribution in [0, 0.1) is 0 Å². The van der Waals surface area contributed by atoms with Gasteiger partial charge in [0.1, 0.15) is 5.54 Å². The summed E-state index contributed by atoms with van der Waals surface area (Å²) in [5.41, 5.74) is 1.09. The van der Waals surface area contributed by atoms with Gasteiger partial charge in [0.05, 0.1) is 47.4 Å².